The van der Waals surface area contributed by atoms with Crippen LogP contribution in [0.5, 0.6) is 5.75 Å². The highest BCUT2D eigenvalue weighted by atomic mass is 79.9. The van der Waals surface area contributed by atoms with E-state index in [0.717, 1.165) is 4.47 Å². The number of amides is 2. The monoisotopic (exact) mass is 378 g/mol. The number of hydrogen-bond acceptors (Lipinski definition) is 4. The van der Waals surface area contributed by atoms with Crippen LogP contribution in [0.25, 0.3) is 0 Å². The van der Waals surface area contributed by atoms with Gasteiger partial charge in [0.25, 0.3) is 11.8 Å². The molecule has 2 heterocycles. The maximum Gasteiger partial charge on any atom is 0.289 e. The molecule has 0 aliphatic carbocycles. The molecule has 0 radical (unpaired) electrons. The first-order valence-electron chi connectivity index (χ1n) is 7.17. The van der Waals surface area contributed by atoms with Crippen molar-refractivity contribution in [2.75, 3.05) is 26.2 Å². The second-order valence-electron chi connectivity index (χ2n) is 5.22. The van der Waals surface area contributed by atoms with Crippen LogP contribution >= 0.6 is 15.9 Å². The summed E-state index contributed by atoms with van der Waals surface area (Å²) in [6, 6.07) is 8.04. The van der Waals surface area contributed by atoms with Crippen molar-refractivity contribution in [2.24, 2.45) is 0 Å². The van der Waals surface area contributed by atoms with Gasteiger partial charge in [0.1, 0.15) is 5.75 Å². The predicted octanol–water partition coefficient (Wildman–Crippen LogP) is 2.35. The Morgan fingerprint density at radius 1 is 1.04 bits per heavy atom. The minimum absolute atomic E-state index is 0.0488. The van der Waals surface area contributed by atoms with Crippen molar-refractivity contribution in [1.29, 1.82) is 0 Å². The summed E-state index contributed by atoms with van der Waals surface area (Å²) < 4.78 is 5.84. The van der Waals surface area contributed by atoms with Gasteiger partial charge in [-0.1, -0.05) is 15.9 Å². The summed E-state index contributed by atoms with van der Waals surface area (Å²) in [5.41, 5.74) is 0.255. The van der Waals surface area contributed by atoms with E-state index in [2.05, 4.69) is 15.9 Å². The largest absolute Gasteiger partial charge is 0.507 e. The number of benzene rings is 1. The van der Waals surface area contributed by atoms with Gasteiger partial charge in [-0.25, -0.2) is 0 Å². The Labute approximate surface area is 141 Å². The van der Waals surface area contributed by atoms with Crippen molar-refractivity contribution in [2.45, 2.75) is 0 Å². The first-order valence-corrected chi connectivity index (χ1v) is 7.96. The molecule has 1 N–H and O–H groups in total. The quantitative estimate of drug-likeness (QED) is 0.870. The molecule has 1 aromatic heterocycles. The van der Waals surface area contributed by atoms with E-state index in [1.54, 1.807) is 34.1 Å². The molecule has 6 nitrogen and oxygen atoms in total. The maximum absolute atomic E-state index is 12.5. The Hall–Kier alpha value is -2.28. The Morgan fingerprint density at radius 2 is 1.70 bits per heavy atom. The van der Waals surface area contributed by atoms with Crippen LogP contribution in [0.1, 0.15) is 20.9 Å². The van der Waals surface area contributed by atoms with Crippen molar-refractivity contribution >= 4 is 27.7 Å². The molecule has 120 valence electrons. The molecule has 1 saturated heterocycles. The summed E-state index contributed by atoms with van der Waals surface area (Å²) in [5.74, 6) is -0.164. The SMILES string of the molecule is O=C(c1ccco1)N1CCN(C(=O)c2cc(Br)ccc2O)CC1. The zero-order chi connectivity index (χ0) is 16.4. The number of aromatic hydroxyl groups is 1. The standard InChI is InChI=1S/C16H15BrN2O4/c17-11-3-4-13(20)12(10-11)15(21)18-5-7-19(8-6-18)16(22)14-2-1-9-23-14/h1-4,9-10,20H,5-8H2. The zero-order valence-corrected chi connectivity index (χ0v) is 13.8. The molecule has 1 aromatic carbocycles. The highest BCUT2D eigenvalue weighted by Crippen LogP contribution is 2.24. The molecule has 23 heavy (non-hydrogen) atoms. The topological polar surface area (TPSA) is 74.0 Å². The van der Waals surface area contributed by atoms with Crippen molar-refractivity contribution in [3.05, 3.63) is 52.4 Å². The van der Waals surface area contributed by atoms with Crippen LogP contribution in [-0.2, 0) is 0 Å². The number of hydrogen-bond donors (Lipinski definition) is 1. The van der Waals surface area contributed by atoms with Gasteiger partial charge in [-0.3, -0.25) is 9.59 Å². The summed E-state index contributed by atoms with van der Waals surface area (Å²) in [6.45, 7) is 1.69. The molecule has 2 amide bonds. The summed E-state index contributed by atoms with van der Waals surface area (Å²) in [4.78, 5) is 28.0. The number of nitrogens with zero attached hydrogens (tertiary/aromatic N) is 2. The van der Waals surface area contributed by atoms with E-state index >= 15 is 0 Å². The van der Waals surface area contributed by atoms with Crippen LogP contribution in [0.4, 0.5) is 0 Å². The van der Waals surface area contributed by atoms with Gasteiger partial charge in [0.2, 0.25) is 0 Å². The predicted molar refractivity (Wildman–Crippen MR) is 86.3 cm³/mol. The van der Waals surface area contributed by atoms with Gasteiger partial charge in [-0.15, -0.1) is 0 Å². The van der Waals surface area contributed by atoms with Gasteiger partial charge in [-0.2, -0.15) is 0 Å². The molecule has 0 unspecified atom stereocenters. The molecule has 2 aromatic rings. The van der Waals surface area contributed by atoms with Crippen molar-refractivity contribution in [3.63, 3.8) is 0 Å². The van der Waals surface area contributed by atoms with Crippen LogP contribution in [0, 0.1) is 0 Å². The third-order valence-electron chi connectivity index (χ3n) is 3.78. The number of carbonyl (C=O) groups is 2. The Morgan fingerprint density at radius 3 is 2.30 bits per heavy atom. The molecule has 0 atom stereocenters. The lowest BCUT2D eigenvalue weighted by molar-refractivity contribution is 0.0516. The third kappa shape index (κ3) is 3.24. The normalized spacial score (nSPS) is 14.8. The molecule has 0 saturated carbocycles. The second-order valence-corrected chi connectivity index (χ2v) is 6.14. The van der Waals surface area contributed by atoms with Crippen molar-refractivity contribution in [3.8, 4) is 5.75 Å². The van der Waals surface area contributed by atoms with E-state index in [1.165, 1.54) is 12.3 Å². The zero-order valence-electron chi connectivity index (χ0n) is 12.2. The minimum Gasteiger partial charge on any atom is -0.507 e. The van der Waals surface area contributed by atoms with Crippen LogP contribution in [0.3, 0.4) is 0 Å². The summed E-state index contributed by atoms with van der Waals surface area (Å²) >= 11 is 3.29. The van der Waals surface area contributed by atoms with Crippen molar-refractivity contribution < 1.29 is 19.1 Å². The summed E-state index contributed by atoms with van der Waals surface area (Å²) in [5, 5.41) is 9.86. The minimum atomic E-state index is -0.242. The molecule has 3 rings (SSSR count). The molecule has 0 bridgehead atoms. The summed E-state index contributed by atoms with van der Waals surface area (Å²) in [6.07, 6.45) is 1.46. The Kier molecular flexibility index (Phi) is 4.38. The van der Waals surface area contributed by atoms with E-state index in [-0.39, 0.29) is 23.1 Å². The highest BCUT2D eigenvalue weighted by molar-refractivity contribution is 9.10. The number of furan rings is 1. The van der Waals surface area contributed by atoms with Crippen LogP contribution in [0.15, 0.2) is 45.5 Å². The van der Waals surface area contributed by atoms with Gasteiger partial charge in [0.05, 0.1) is 11.8 Å². The third-order valence-corrected chi connectivity index (χ3v) is 4.27. The van der Waals surface area contributed by atoms with Gasteiger partial charge >= 0.3 is 0 Å². The van der Waals surface area contributed by atoms with Crippen LogP contribution < -0.4 is 0 Å². The molecule has 1 aliphatic heterocycles. The first kappa shape index (κ1) is 15.6. The van der Waals surface area contributed by atoms with Gasteiger partial charge in [0.15, 0.2) is 5.76 Å². The Balaban J connectivity index is 1.66. The lowest BCUT2D eigenvalue weighted by Gasteiger charge is -2.34. The van der Waals surface area contributed by atoms with Gasteiger partial charge in [-0.05, 0) is 30.3 Å². The fraction of sp³-hybridized carbons (Fsp3) is 0.250. The van der Waals surface area contributed by atoms with E-state index in [1.807, 2.05) is 0 Å². The molecular formula is C16H15BrN2O4. The van der Waals surface area contributed by atoms with E-state index < -0.39 is 0 Å². The number of halogens is 1. The Bertz CT molecular complexity index is 722. The smallest absolute Gasteiger partial charge is 0.289 e. The van der Waals surface area contributed by atoms with E-state index in [9.17, 15) is 14.7 Å². The second kappa shape index (κ2) is 6.45. The molecular weight excluding hydrogens is 364 g/mol. The van der Waals surface area contributed by atoms with Crippen LogP contribution in [-0.4, -0.2) is 52.9 Å². The highest BCUT2D eigenvalue weighted by Gasteiger charge is 2.27. The van der Waals surface area contributed by atoms with E-state index in [0.29, 0.717) is 31.9 Å². The number of rotatable bonds is 2. The van der Waals surface area contributed by atoms with Gasteiger partial charge < -0.3 is 19.3 Å². The molecule has 1 aliphatic rings. The lowest BCUT2D eigenvalue weighted by Crippen LogP contribution is -2.50. The molecule has 7 heteroatoms. The van der Waals surface area contributed by atoms with E-state index in [4.69, 9.17) is 4.42 Å². The number of piperazine rings is 1. The fourth-order valence-corrected chi connectivity index (χ4v) is 2.88. The molecule has 0 spiro atoms. The maximum atomic E-state index is 12.5. The number of phenolic OH excluding ortho intramolecular Hbond substituents is 1. The number of carbonyl (C=O) groups excluding carboxylic acids is 2. The van der Waals surface area contributed by atoms with Crippen molar-refractivity contribution in [1.82, 2.24) is 9.80 Å². The molecule has 1 fully saturated rings. The summed E-state index contributed by atoms with van der Waals surface area (Å²) in [7, 11) is 0. The first-order chi connectivity index (χ1) is 11.1. The lowest BCUT2D eigenvalue weighted by atomic mass is 10.1. The van der Waals surface area contributed by atoms with Gasteiger partial charge in [0, 0.05) is 30.7 Å². The number of phenols is 1. The average Bonchev–Trinajstić information content (AvgIpc) is 3.10. The average molecular weight is 379 g/mol. The fourth-order valence-electron chi connectivity index (χ4n) is 2.52. The van der Waals surface area contributed by atoms with Crippen LogP contribution in [0.2, 0.25) is 0 Å².